The molecule has 8 nitrogen and oxygen atoms in total. The van der Waals surface area contributed by atoms with Gasteiger partial charge in [-0.15, -0.1) is 0 Å². The summed E-state index contributed by atoms with van der Waals surface area (Å²) < 4.78 is 11.7. The second-order valence-electron chi connectivity index (χ2n) is 8.75. The first-order valence-corrected chi connectivity index (χ1v) is 12.6. The molecule has 35 heavy (non-hydrogen) atoms. The van der Waals surface area contributed by atoms with Crippen LogP contribution in [0.25, 0.3) is 10.2 Å². The lowest BCUT2D eigenvalue weighted by molar-refractivity contribution is -0.129. The van der Waals surface area contributed by atoms with E-state index in [2.05, 4.69) is 16.3 Å². The summed E-state index contributed by atoms with van der Waals surface area (Å²) in [6.45, 7) is 4.54. The van der Waals surface area contributed by atoms with Crippen molar-refractivity contribution in [2.75, 3.05) is 57.7 Å². The number of amides is 2. The van der Waals surface area contributed by atoms with Gasteiger partial charge in [-0.05, 0) is 54.7 Å². The van der Waals surface area contributed by atoms with Gasteiger partial charge in [0.2, 0.25) is 5.91 Å². The van der Waals surface area contributed by atoms with Crippen molar-refractivity contribution in [1.82, 2.24) is 9.88 Å². The van der Waals surface area contributed by atoms with Crippen molar-refractivity contribution in [3.8, 4) is 5.75 Å². The zero-order chi connectivity index (χ0) is 24.9. The highest BCUT2D eigenvalue weighted by Gasteiger charge is 2.25. The zero-order valence-electron chi connectivity index (χ0n) is 20.7. The number of piperidine rings is 1. The largest absolute Gasteiger partial charge is 0.494 e. The van der Waals surface area contributed by atoms with Crippen molar-refractivity contribution in [1.29, 1.82) is 0 Å². The number of nitrogens with zero attached hydrogens (tertiary/aromatic N) is 3. The van der Waals surface area contributed by atoms with Crippen molar-refractivity contribution in [3.63, 3.8) is 0 Å². The summed E-state index contributed by atoms with van der Waals surface area (Å²) >= 11 is 1.47. The average molecular weight is 497 g/mol. The Kier molecular flexibility index (Phi) is 7.87. The van der Waals surface area contributed by atoms with Gasteiger partial charge >= 0.3 is 0 Å². The van der Waals surface area contributed by atoms with Crippen LogP contribution in [0.3, 0.4) is 0 Å². The normalized spacial score (nSPS) is 14.2. The van der Waals surface area contributed by atoms with Gasteiger partial charge in [0.15, 0.2) is 5.13 Å². The van der Waals surface area contributed by atoms with E-state index in [0.29, 0.717) is 29.0 Å². The van der Waals surface area contributed by atoms with Gasteiger partial charge < -0.3 is 19.3 Å². The number of fused-ring (bicyclic) bond motifs is 1. The SMILES string of the molecule is COCCN(C)c1ccc(C(=O)Nc2nc3c(OC)ccc(C4CCN(C(C)=O)CC4)c3s2)cc1. The van der Waals surface area contributed by atoms with E-state index in [9.17, 15) is 9.59 Å². The molecule has 1 N–H and O–H groups in total. The van der Waals surface area contributed by atoms with Crippen LogP contribution in [0.2, 0.25) is 0 Å². The number of hydrogen-bond acceptors (Lipinski definition) is 7. The molecule has 1 aliphatic heterocycles. The molecule has 4 rings (SSSR count). The fourth-order valence-corrected chi connectivity index (χ4v) is 5.51. The van der Waals surface area contributed by atoms with Gasteiger partial charge in [0.1, 0.15) is 11.3 Å². The first-order chi connectivity index (χ1) is 16.9. The monoisotopic (exact) mass is 496 g/mol. The van der Waals surface area contributed by atoms with Crippen LogP contribution in [0, 0.1) is 0 Å². The van der Waals surface area contributed by atoms with Crippen molar-refractivity contribution in [3.05, 3.63) is 47.5 Å². The van der Waals surface area contributed by atoms with Crippen molar-refractivity contribution < 1.29 is 19.1 Å². The Hall–Kier alpha value is -3.17. The molecule has 0 radical (unpaired) electrons. The highest BCUT2D eigenvalue weighted by Crippen LogP contribution is 2.41. The molecule has 1 aliphatic rings. The number of nitrogens with one attached hydrogen (secondary N) is 1. The number of anilines is 2. The lowest BCUT2D eigenvalue weighted by Crippen LogP contribution is -2.36. The first-order valence-electron chi connectivity index (χ1n) is 11.8. The minimum Gasteiger partial charge on any atom is -0.494 e. The van der Waals surface area contributed by atoms with Crippen LogP contribution in [-0.4, -0.2) is 69.2 Å². The number of aromatic nitrogens is 1. The van der Waals surface area contributed by atoms with Gasteiger partial charge in [-0.3, -0.25) is 14.9 Å². The topological polar surface area (TPSA) is 84.0 Å². The third kappa shape index (κ3) is 5.57. The second kappa shape index (κ2) is 11.0. The summed E-state index contributed by atoms with van der Waals surface area (Å²) in [7, 11) is 5.30. The summed E-state index contributed by atoms with van der Waals surface area (Å²) in [5.74, 6) is 0.946. The summed E-state index contributed by atoms with van der Waals surface area (Å²) in [6.07, 6.45) is 1.82. The third-order valence-electron chi connectivity index (χ3n) is 6.56. The van der Waals surface area contributed by atoms with E-state index >= 15 is 0 Å². The van der Waals surface area contributed by atoms with Crippen LogP contribution in [0.4, 0.5) is 10.8 Å². The van der Waals surface area contributed by atoms with Gasteiger partial charge in [0.25, 0.3) is 5.91 Å². The number of thiazole rings is 1. The van der Waals surface area contributed by atoms with Crippen LogP contribution in [0.15, 0.2) is 36.4 Å². The molecule has 0 aliphatic carbocycles. The fraction of sp³-hybridized carbons (Fsp3) is 0.423. The number of rotatable bonds is 8. The predicted molar refractivity (Wildman–Crippen MR) is 140 cm³/mol. The number of carbonyl (C=O) groups is 2. The van der Waals surface area contributed by atoms with E-state index in [-0.39, 0.29) is 11.8 Å². The predicted octanol–water partition coefficient (Wildman–Crippen LogP) is 4.37. The van der Waals surface area contributed by atoms with Crippen LogP contribution < -0.4 is 15.0 Å². The maximum absolute atomic E-state index is 12.9. The van der Waals surface area contributed by atoms with Gasteiger partial charge in [-0.1, -0.05) is 17.4 Å². The molecule has 1 aromatic heterocycles. The molecule has 2 amide bonds. The maximum atomic E-state index is 12.9. The molecule has 9 heteroatoms. The lowest BCUT2D eigenvalue weighted by atomic mass is 9.89. The van der Waals surface area contributed by atoms with Gasteiger partial charge in [-0.2, -0.15) is 0 Å². The van der Waals surface area contributed by atoms with Gasteiger partial charge in [-0.25, -0.2) is 4.98 Å². The average Bonchev–Trinajstić information content (AvgIpc) is 3.30. The van der Waals surface area contributed by atoms with E-state index in [4.69, 9.17) is 14.5 Å². The number of likely N-dealkylation sites (tertiary alicyclic amines) is 1. The Morgan fingerprint density at radius 2 is 1.86 bits per heavy atom. The van der Waals surface area contributed by atoms with Crippen LogP contribution in [0.5, 0.6) is 5.75 Å². The van der Waals surface area contributed by atoms with Crippen molar-refractivity contribution in [2.45, 2.75) is 25.7 Å². The number of likely N-dealkylation sites (N-methyl/N-ethyl adjacent to an activating group) is 1. The zero-order valence-corrected chi connectivity index (χ0v) is 21.5. The second-order valence-corrected chi connectivity index (χ2v) is 9.75. The molecule has 0 atom stereocenters. The summed E-state index contributed by atoms with van der Waals surface area (Å²) in [5.41, 5.74) is 3.54. The summed E-state index contributed by atoms with van der Waals surface area (Å²) in [4.78, 5) is 33.3. The van der Waals surface area contributed by atoms with Crippen LogP contribution in [0.1, 0.15) is 41.6 Å². The maximum Gasteiger partial charge on any atom is 0.257 e. The minimum atomic E-state index is -0.203. The Morgan fingerprint density at radius 1 is 1.14 bits per heavy atom. The number of benzene rings is 2. The standard InChI is InChI=1S/C26H32N4O4S/c1-17(31)30-13-11-18(12-14-30)21-9-10-22(34-4)23-24(21)35-26(27-23)28-25(32)19-5-7-20(8-6-19)29(2)15-16-33-3/h5-10,18H,11-16H2,1-4H3,(H,27,28,32). The van der Waals surface area contributed by atoms with E-state index in [1.807, 2.05) is 42.3 Å². The molecule has 2 aromatic carbocycles. The molecule has 1 saturated heterocycles. The van der Waals surface area contributed by atoms with E-state index < -0.39 is 0 Å². The molecule has 3 aromatic rings. The molecule has 0 unspecified atom stereocenters. The first kappa shape index (κ1) is 24.9. The minimum absolute atomic E-state index is 0.126. The Morgan fingerprint density at radius 3 is 2.49 bits per heavy atom. The molecule has 186 valence electrons. The smallest absolute Gasteiger partial charge is 0.257 e. The van der Waals surface area contributed by atoms with Crippen LogP contribution in [-0.2, 0) is 9.53 Å². The Bertz CT molecular complexity index is 1190. The molecule has 0 saturated carbocycles. The highest BCUT2D eigenvalue weighted by atomic mass is 32.1. The number of ether oxygens (including phenoxy) is 2. The van der Waals surface area contributed by atoms with Gasteiger partial charge in [0, 0.05) is 52.0 Å². The molecule has 0 bridgehead atoms. The highest BCUT2D eigenvalue weighted by molar-refractivity contribution is 7.22. The van der Waals surface area contributed by atoms with Crippen molar-refractivity contribution >= 4 is 44.2 Å². The number of carbonyl (C=O) groups excluding carboxylic acids is 2. The fourth-order valence-electron chi connectivity index (χ4n) is 4.44. The quantitative estimate of drug-likeness (QED) is 0.499. The summed E-state index contributed by atoms with van der Waals surface area (Å²) in [6, 6.07) is 11.5. The van der Waals surface area contributed by atoms with E-state index in [1.54, 1.807) is 21.1 Å². The Labute approximate surface area is 209 Å². The number of methoxy groups -OCH3 is 2. The molecule has 2 heterocycles. The molecular weight excluding hydrogens is 464 g/mol. The molecule has 1 fully saturated rings. The van der Waals surface area contributed by atoms with Crippen molar-refractivity contribution in [2.24, 2.45) is 0 Å². The molecular formula is C26H32N4O4S. The van der Waals surface area contributed by atoms with E-state index in [0.717, 1.165) is 48.4 Å². The third-order valence-corrected chi connectivity index (χ3v) is 7.58. The van der Waals surface area contributed by atoms with Crippen LogP contribution >= 0.6 is 11.3 Å². The lowest BCUT2D eigenvalue weighted by Gasteiger charge is -2.31. The van der Waals surface area contributed by atoms with Gasteiger partial charge in [0.05, 0.1) is 18.4 Å². The Balaban J connectivity index is 1.52. The summed E-state index contributed by atoms with van der Waals surface area (Å²) in [5, 5.41) is 3.50. The number of hydrogen-bond donors (Lipinski definition) is 1. The molecule has 0 spiro atoms. The van der Waals surface area contributed by atoms with E-state index in [1.165, 1.54) is 16.9 Å².